The van der Waals surface area contributed by atoms with E-state index in [2.05, 4.69) is 4.74 Å². The van der Waals surface area contributed by atoms with E-state index in [-0.39, 0.29) is 23.9 Å². The van der Waals surface area contributed by atoms with Crippen molar-refractivity contribution >= 4 is 12.4 Å². The Morgan fingerprint density at radius 1 is 1.00 bits per heavy atom. The second-order valence-corrected chi connectivity index (χ2v) is 5.10. The van der Waals surface area contributed by atoms with Crippen LogP contribution in [0, 0.1) is 13.8 Å². The number of phenols is 1. The first-order chi connectivity index (χ1) is 10.2. The van der Waals surface area contributed by atoms with Crippen LogP contribution in [0.4, 0.5) is 13.2 Å². The van der Waals surface area contributed by atoms with Gasteiger partial charge in [0.15, 0.2) is 0 Å². The number of rotatable bonds is 3. The van der Waals surface area contributed by atoms with Gasteiger partial charge in [-0.2, -0.15) is 0 Å². The van der Waals surface area contributed by atoms with Gasteiger partial charge < -0.3 is 15.6 Å². The van der Waals surface area contributed by atoms with Gasteiger partial charge in [0.25, 0.3) is 0 Å². The highest BCUT2D eigenvalue weighted by Crippen LogP contribution is 2.29. The number of ether oxygens (including phenoxy) is 1. The number of alkyl halides is 3. The standard InChI is InChI=1S/C16H16F3NO2.ClH/c1-9-7-12(8-10(2)15(9)21)14(20)11-3-5-13(6-4-11)22-16(17,18)19;/h3-8,14,21H,20H2,1-2H3;1H/t14-;/m0./s1. The largest absolute Gasteiger partial charge is 0.573 e. The minimum absolute atomic E-state index is 0. The molecule has 126 valence electrons. The van der Waals surface area contributed by atoms with Crippen LogP contribution in [0.1, 0.15) is 28.3 Å². The molecule has 0 saturated carbocycles. The first-order valence-electron chi connectivity index (χ1n) is 6.59. The van der Waals surface area contributed by atoms with Crippen LogP contribution in [0.5, 0.6) is 11.5 Å². The Balaban J connectivity index is 0.00000264. The summed E-state index contributed by atoms with van der Waals surface area (Å²) in [5.41, 5.74) is 8.96. The molecule has 0 saturated heterocycles. The number of benzene rings is 2. The predicted molar refractivity (Wildman–Crippen MR) is 84.0 cm³/mol. The summed E-state index contributed by atoms with van der Waals surface area (Å²) in [6.45, 7) is 3.53. The SMILES string of the molecule is Cc1cc([C@@H](N)c2ccc(OC(F)(F)F)cc2)cc(C)c1O.Cl. The molecule has 0 spiro atoms. The van der Waals surface area contributed by atoms with Crippen molar-refractivity contribution in [1.82, 2.24) is 0 Å². The molecule has 3 N–H and O–H groups in total. The number of halogens is 4. The molecule has 2 rings (SSSR count). The van der Waals surface area contributed by atoms with Crippen molar-refractivity contribution in [2.75, 3.05) is 0 Å². The van der Waals surface area contributed by atoms with Crippen molar-refractivity contribution in [3.63, 3.8) is 0 Å². The number of hydrogen-bond acceptors (Lipinski definition) is 3. The van der Waals surface area contributed by atoms with Crippen LogP contribution >= 0.6 is 12.4 Å². The molecule has 0 bridgehead atoms. The average Bonchev–Trinajstić information content (AvgIpc) is 2.42. The Morgan fingerprint density at radius 2 is 1.48 bits per heavy atom. The molecule has 0 fully saturated rings. The smallest absolute Gasteiger partial charge is 0.507 e. The highest BCUT2D eigenvalue weighted by Gasteiger charge is 2.31. The number of aromatic hydroxyl groups is 1. The maximum Gasteiger partial charge on any atom is 0.573 e. The zero-order valence-electron chi connectivity index (χ0n) is 12.5. The van der Waals surface area contributed by atoms with Crippen molar-refractivity contribution in [3.8, 4) is 11.5 Å². The quantitative estimate of drug-likeness (QED) is 0.866. The lowest BCUT2D eigenvalue weighted by atomic mass is 9.96. The van der Waals surface area contributed by atoms with Gasteiger partial charge in [-0.3, -0.25) is 0 Å². The number of aryl methyl sites for hydroxylation is 2. The van der Waals surface area contributed by atoms with E-state index in [1.807, 2.05) is 0 Å². The molecule has 2 aromatic rings. The fraction of sp³-hybridized carbons (Fsp3) is 0.250. The summed E-state index contributed by atoms with van der Waals surface area (Å²) in [7, 11) is 0. The minimum Gasteiger partial charge on any atom is -0.507 e. The topological polar surface area (TPSA) is 55.5 Å². The van der Waals surface area contributed by atoms with E-state index in [1.165, 1.54) is 24.3 Å². The van der Waals surface area contributed by atoms with Crippen LogP contribution in [-0.2, 0) is 0 Å². The van der Waals surface area contributed by atoms with E-state index in [1.54, 1.807) is 26.0 Å². The lowest BCUT2D eigenvalue weighted by Crippen LogP contribution is -2.17. The lowest BCUT2D eigenvalue weighted by Gasteiger charge is -2.16. The summed E-state index contributed by atoms with van der Waals surface area (Å²) >= 11 is 0. The summed E-state index contributed by atoms with van der Waals surface area (Å²) < 4.78 is 40.2. The molecule has 0 unspecified atom stereocenters. The van der Waals surface area contributed by atoms with Crippen LogP contribution in [0.2, 0.25) is 0 Å². The van der Waals surface area contributed by atoms with Crippen molar-refractivity contribution < 1.29 is 23.0 Å². The molecule has 0 radical (unpaired) electrons. The van der Waals surface area contributed by atoms with Gasteiger partial charge in [-0.05, 0) is 48.2 Å². The molecule has 3 nitrogen and oxygen atoms in total. The second kappa shape index (κ2) is 7.10. The number of hydrogen-bond donors (Lipinski definition) is 2. The predicted octanol–water partition coefficient (Wildman–Crippen LogP) is 4.38. The van der Waals surface area contributed by atoms with Crippen molar-refractivity contribution in [2.24, 2.45) is 5.73 Å². The van der Waals surface area contributed by atoms with Crippen LogP contribution in [0.3, 0.4) is 0 Å². The monoisotopic (exact) mass is 347 g/mol. The van der Waals surface area contributed by atoms with E-state index in [9.17, 15) is 18.3 Å². The van der Waals surface area contributed by atoms with Crippen molar-refractivity contribution in [1.29, 1.82) is 0 Å². The maximum absolute atomic E-state index is 12.1. The Bertz CT molecular complexity index is 649. The van der Waals surface area contributed by atoms with E-state index < -0.39 is 12.4 Å². The van der Waals surface area contributed by atoms with Gasteiger partial charge in [0.05, 0.1) is 6.04 Å². The summed E-state index contributed by atoms with van der Waals surface area (Å²) in [4.78, 5) is 0. The molecule has 7 heteroatoms. The third-order valence-electron chi connectivity index (χ3n) is 3.35. The van der Waals surface area contributed by atoms with Crippen LogP contribution in [-0.4, -0.2) is 11.5 Å². The van der Waals surface area contributed by atoms with E-state index in [0.29, 0.717) is 16.7 Å². The number of nitrogens with two attached hydrogens (primary N) is 1. The molecular weight excluding hydrogens is 331 g/mol. The molecule has 0 aliphatic rings. The Labute approximate surface area is 138 Å². The van der Waals surface area contributed by atoms with Gasteiger partial charge in [0.2, 0.25) is 0 Å². The molecule has 0 heterocycles. The third kappa shape index (κ3) is 4.77. The summed E-state index contributed by atoms with van der Waals surface area (Å²) in [5, 5.41) is 9.76. The fourth-order valence-electron chi connectivity index (χ4n) is 2.24. The summed E-state index contributed by atoms with van der Waals surface area (Å²) in [6, 6.07) is 8.44. The summed E-state index contributed by atoms with van der Waals surface area (Å²) in [5.74, 6) is -0.0774. The highest BCUT2D eigenvalue weighted by molar-refractivity contribution is 5.85. The minimum atomic E-state index is -4.71. The Kier molecular flexibility index (Phi) is 5.91. The van der Waals surface area contributed by atoms with Crippen LogP contribution in [0.15, 0.2) is 36.4 Å². The van der Waals surface area contributed by atoms with Gasteiger partial charge in [0.1, 0.15) is 11.5 Å². The molecular formula is C16H17ClF3NO2. The van der Waals surface area contributed by atoms with Crippen LogP contribution < -0.4 is 10.5 Å². The van der Waals surface area contributed by atoms with Gasteiger partial charge in [-0.1, -0.05) is 24.3 Å². The zero-order valence-corrected chi connectivity index (χ0v) is 13.3. The van der Waals surface area contributed by atoms with Gasteiger partial charge in [-0.25, -0.2) is 0 Å². The molecule has 23 heavy (non-hydrogen) atoms. The average molecular weight is 348 g/mol. The van der Waals surface area contributed by atoms with E-state index >= 15 is 0 Å². The van der Waals surface area contributed by atoms with Gasteiger partial charge in [0, 0.05) is 0 Å². The van der Waals surface area contributed by atoms with Crippen molar-refractivity contribution in [2.45, 2.75) is 26.3 Å². The lowest BCUT2D eigenvalue weighted by molar-refractivity contribution is -0.274. The zero-order chi connectivity index (χ0) is 16.5. The Hall–Kier alpha value is -1.92. The molecule has 2 aromatic carbocycles. The Morgan fingerprint density at radius 3 is 1.91 bits per heavy atom. The van der Waals surface area contributed by atoms with E-state index in [4.69, 9.17) is 5.73 Å². The molecule has 0 aliphatic heterocycles. The van der Waals surface area contributed by atoms with Gasteiger partial charge in [-0.15, -0.1) is 25.6 Å². The van der Waals surface area contributed by atoms with Crippen LogP contribution in [0.25, 0.3) is 0 Å². The molecule has 0 amide bonds. The fourth-order valence-corrected chi connectivity index (χ4v) is 2.24. The van der Waals surface area contributed by atoms with Crippen molar-refractivity contribution in [3.05, 3.63) is 58.7 Å². The van der Waals surface area contributed by atoms with E-state index in [0.717, 1.165) is 5.56 Å². The third-order valence-corrected chi connectivity index (χ3v) is 3.35. The first kappa shape index (κ1) is 19.1. The molecule has 0 aliphatic carbocycles. The van der Waals surface area contributed by atoms with Gasteiger partial charge >= 0.3 is 6.36 Å². The first-order valence-corrected chi connectivity index (χ1v) is 6.59. The second-order valence-electron chi connectivity index (χ2n) is 5.10. The number of phenolic OH excluding ortho intramolecular Hbond substituents is 1. The summed E-state index contributed by atoms with van der Waals surface area (Å²) in [6.07, 6.45) is -4.71. The normalized spacial score (nSPS) is 12.4. The molecule has 1 atom stereocenters. The highest BCUT2D eigenvalue weighted by atomic mass is 35.5. The molecule has 0 aromatic heterocycles. The maximum atomic E-state index is 12.1.